The van der Waals surface area contributed by atoms with Gasteiger partial charge in [0.05, 0.1) is 24.8 Å². The topological polar surface area (TPSA) is 89.7 Å². The highest BCUT2D eigenvalue weighted by molar-refractivity contribution is 5.85. The van der Waals surface area contributed by atoms with E-state index in [0.29, 0.717) is 31.1 Å². The SMILES string of the molecule is COc1nccc(N2CCC3(CCCN(CCO)C3=O)C2)c1C#N. The predicted octanol–water partition coefficient (Wildman–Crippen LogP) is 0.773. The van der Waals surface area contributed by atoms with Crippen LogP contribution in [0.25, 0.3) is 0 Å². The van der Waals surface area contributed by atoms with E-state index in [4.69, 9.17) is 9.84 Å². The van der Waals surface area contributed by atoms with Crippen molar-refractivity contribution in [2.75, 3.05) is 44.8 Å². The molecule has 3 heterocycles. The van der Waals surface area contributed by atoms with Gasteiger partial charge in [-0.3, -0.25) is 4.79 Å². The van der Waals surface area contributed by atoms with Crippen molar-refractivity contribution < 1.29 is 14.6 Å². The van der Waals surface area contributed by atoms with Crippen LogP contribution in [0.4, 0.5) is 5.69 Å². The number of β-amino-alcohol motifs (C(OH)–C–C–N with tert-alkyl or cyclic N) is 1. The Balaban J connectivity index is 1.86. The molecule has 2 aliphatic heterocycles. The molecule has 0 radical (unpaired) electrons. The van der Waals surface area contributed by atoms with Crippen LogP contribution in [0.15, 0.2) is 12.3 Å². The fourth-order valence-electron chi connectivity index (χ4n) is 3.90. The standard InChI is InChI=1S/C17H22N4O3/c1-24-15-13(11-18)14(3-6-19-15)21-8-5-17(12-21)4-2-7-20(9-10-22)16(17)23/h3,6,22H,2,4-5,7-10,12H2,1H3. The fourth-order valence-corrected chi connectivity index (χ4v) is 3.90. The zero-order valence-electron chi connectivity index (χ0n) is 13.9. The zero-order chi connectivity index (χ0) is 17.2. The number of rotatable bonds is 4. The lowest BCUT2D eigenvalue weighted by Gasteiger charge is -2.39. The van der Waals surface area contributed by atoms with E-state index in [1.807, 2.05) is 0 Å². The van der Waals surface area contributed by atoms with Gasteiger partial charge in [-0.25, -0.2) is 4.98 Å². The molecule has 7 heteroatoms. The maximum Gasteiger partial charge on any atom is 0.233 e. The third-order valence-corrected chi connectivity index (χ3v) is 5.09. The molecular weight excluding hydrogens is 308 g/mol. The normalized spacial score (nSPS) is 23.6. The summed E-state index contributed by atoms with van der Waals surface area (Å²) in [6.45, 7) is 2.42. The van der Waals surface area contributed by atoms with E-state index in [1.54, 1.807) is 17.2 Å². The Kier molecular flexibility index (Phi) is 4.58. The van der Waals surface area contributed by atoms with Crippen molar-refractivity contribution in [2.24, 2.45) is 5.41 Å². The van der Waals surface area contributed by atoms with E-state index in [0.717, 1.165) is 31.5 Å². The molecule has 7 nitrogen and oxygen atoms in total. The number of carbonyl (C=O) groups excluding carboxylic acids is 1. The Morgan fingerprint density at radius 3 is 3.00 bits per heavy atom. The van der Waals surface area contributed by atoms with Crippen molar-refractivity contribution in [3.05, 3.63) is 17.8 Å². The monoisotopic (exact) mass is 330 g/mol. The van der Waals surface area contributed by atoms with E-state index in [-0.39, 0.29) is 12.5 Å². The molecule has 1 aromatic heterocycles. The highest BCUT2D eigenvalue weighted by Crippen LogP contribution is 2.42. The first-order chi connectivity index (χ1) is 11.6. The molecule has 1 unspecified atom stereocenters. The largest absolute Gasteiger partial charge is 0.480 e. The van der Waals surface area contributed by atoms with E-state index in [2.05, 4.69) is 16.0 Å². The second-order valence-electron chi connectivity index (χ2n) is 6.40. The first-order valence-corrected chi connectivity index (χ1v) is 8.23. The Morgan fingerprint density at radius 2 is 2.29 bits per heavy atom. The Bertz CT molecular complexity index is 670. The van der Waals surface area contributed by atoms with Crippen molar-refractivity contribution in [3.8, 4) is 11.9 Å². The molecule has 0 bridgehead atoms. The molecule has 1 aromatic rings. The van der Waals surface area contributed by atoms with Crippen LogP contribution in [-0.2, 0) is 4.79 Å². The maximum atomic E-state index is 12.9. The van der Waals surface area contributed by atoms with E-state index in [9.17, 15) is 10.1 Å². The molecule has 2 saturated heterocycles. The lowest BCUT2D eigenvalue weighted by molar-refractivity contribution is -0.145. The molecule has 1 N–H and O–H groups in total. The quantitative estimate of drug-likeness (QED) is 0.877. The number of nitriles is 1. The summed E-state index contributed by atoms with van der Waals surface area (Å²) in [7, 11) is 1.50. The highest BCUT2D eigenvalue weighted by atomic mass is 16.5. The lowest BCUT2D eigenvalue weighted by atomic mass is 9.78. The molecule has 128 valence electrons. The summed E-state index contributed by atoms with van der Waals surface area (Å²) in [6, 6.07) is 3.97. The van der Waals surface area contributed by atoms with Gasteiger partial charge >= 0.3 is 0 Å². The van der Waals surface area contributed by atoms with Gasteiger partial charge in [-0.15, -0.1) is 0 Å². The van der Waals surface area contributed by atoms with Crippen LogP contribution in [0, 0.1) is 16.7 Å². The summed E-state index contributed by atoms with van der Waals surface area (Å²) in [6.07, 6.45) is 4.20. The summed E-state index contributed by atoms with van der Waals surface area (Å²) in [5.74, 6) is 0.442. The van der Waals surface area contributed by atoms with Crippen molar-refractivity contribution in [1.82, 2.24) is 9.88 Å². The average Bonchev–Trinajstić information content (AvgIpc) is 3.03. The number of aromatic nitrogens is 1. The number of nitrogens with zero attached hydrogens (tertiary/aromatic N) is 4. The van der Waals surface area contributed by atoms with Crippen LogP contribution in [0.5, 0.6) is 5.88 Å². The van der Waals surface area contributed by atoms with Crippen LogP contribution in [-0.4, -0.2) is 60.8 Å². The summed E-state index contributed by atoms with van der Waals surface area (Å²) in [5, 5.41) is 18.6. The van der Waals surface area contributed by atoms with Gasteiger partial charge < -0.3 is 19.6 Å². The highest BCUT2D eigenvalue weighted by Gasteiger charge is 2.48. The first-order valence-electron chi connectivity index (χ1n) is 8.23. The number of pyridine rings is 1. The molecule has 1 atom stereocenters. The maximum absolute atomic E-state index is 12.9. The Hall–Kier alpha value is -2.33. The predicted molar refractivity (Wildman–Crippen MR) is 87.7 cm³/mol. The Morgan fingerprint density at radius 1 is 1.46 bits per heavy atom. The van der Waals surface area contributed by atoms with Crippen LogP contribution in [0.1, 0.15) is 24.8 Å². The minimum atomic E-state index is -0.406. The van der Waals surface area contributed by atoms with Gasteiger partial charge in [0.2, 0.25) is 11.8 Å². The van der Waals surface area contributed by atoms with Crippen molar-refractivity contribution >= 4 is 11.6 Å². The molecule has 24 heavy (non-hydrogen) atoms. The number of carbonyl (C=O) groups is 1. The number of hydrogen-bond donors (Lipinski definition) is 1. The van der Waals surface area contributed by atoms with Gasteiger partial charge in [0.1, 0.15) is 11.6 Å². The molecule has 0 saturated carbocycles. The van der Waals surface area contributed by atoms with E-state index in [1.165, 1.54) is 7.11 Å². The van der Waals surface area contributed by atoms with Crippen molar-refractivity contribution in [1.29, 1.82) is 5.26 Å². The van der Waals surface area contributed by atoms with Crippen LogP contribution in [0.2, 0.25) is 0 Å². The van der Waals surface area contributed by atoms with Gasteiger partial charge in [0.25, 0.3) is 0 Å². The molecule has 2 aliphatic rings. The molecular formula is C17H22N4O3. The van der Waals surface area contributed by atoms with Gasteiger partial charge in [0, 0.05) is 32.4 Å². The van der Waals surface area contributed by atoms with Gasteiger partial charge in [0.15, 0.2) is 0 Å². The van der Waals surface area contributed by atoms with Crippen LogP contribution in [0.3, 0.4) is 0 Å². The summed E-state index contributed by atoms with van der Waals surface area (Å²) in [5.41, 5.74) is 0.775. The van der Waals surface area contributed by atoms with Crippen molar-refractivity contribution in [3.63, 3.8) is 0 Å². The number of anilines is 1. The smallest absolute Gasteiger partial charge is 0.233 e. The molecule has 2 fully saturated rings. The third-order valence-electron chi connectivity index (χ3n) is 5.09. The third kappa shape index (κ3) is 2.67. The second kappa shape index (κ2) is 6.65. The van der Waals surface area contributed by atoms with Gasteiger partial charge in [-0.2, -0.15) is 5.26 Å². The number of ether oxygens (including phenoxy) is 1. The molecule has 1 amide bonds. The number of methoxy groups -OCH3 is 1. The second-order valence-corrected chi connectivity index (χ2v) is 6.40. The summed E-state index contributed by atoms with van der Waals surface area (Å²) >= 11 is 0. The number of hydrogen-bond acceptors (Lipinski definition) is 6. The number of likely N-dealkylation sites (tertiary alicyclic amines) is 1. The average molecular weight is 330 g/mol. The first kappa shape index (κ1) is 16.5. The van der Waals surface area contributed by atoms with Crippen LogP contribution < -0.4 is 9.64 Å². The molecule has 3 rings (SSSR count). The summed E-state index contributed by atoms with van der Waals surface area (Å²) in [4.78, 5) is 20.8. The fraction of sp³-hybridized carbons (Fsp3) is 0.588. The van der Waals surface area contributed by atoms with E-state index >= 15 is 0 Å². The van der Waals surface area contributed by atoms with Gasteiger partial charge in [-0.05, 0) is 25.3 Å². The van der Waals surface area contributed by atoms with Crippen molar-refractivity contribution in [2.45, 2.75) is 19.3 Å². The minimum Gasteiger partial charge on any atom is -0.480 e. The lowest BCUT2D eigenvalue weighted by Crippen LogP contribution is -2.50. The molecule has 1 spiro atoms. The molecule has 0 aliphatic carbocycles. The number of aliphatic hydroxyl groups excluding tert-OH is 1. The van der Waals surface area contributed by atoms with Crippen LogP contribution >= 0.6 is 0 Å². The molecule has 0 aromatic carbocycles. The summed E-state index contributed by atoms with van der Waals surface area (Å²) < 4.78 is 5.18. The minimum absolute atomic E-state index is 0.00827. The number of amides is 1. The number of aliphatic hydroxyl groups is 1. The van der Waals surface area contributed by atoms with E-state index < -0.39 is 5.41 Å². The Labute approximate surface area is 141 Å². The zero-order valence-corrected chi connectivity index (χ0v) is 13.9. The number of piperidine rings is 1. The van der Waals surface area contributed by atoms with Gasteiger partial charge in [-0.1, -0.05) is 0 Å².